The maximum Gasteiger partial charge on any atom is 0.322 e. The number of rotatable bonds is 8. The molecule has 1 fully saturated rings. The molecule has 4 aromatic carbocycles. The number of hydrogen-bond acceptors (Lipinski definition) is 3. The molecule has 0 aliphatic carbocycles. The van der Waals surface area contributed by atoms with Gasteiger partial charge in [0.1, 0.15) is 11.5 Å². The van der Waals surface area contributed by atoms with Crippen LogP contribution in [0.3, 0.4) is 0 Å². The molecule has 2 amide bonds. The number of urea groups is 1. The Kier molecular flexibility index (Phi) is 9.19. The molecule has 1 heterocycles. The van der Waals surface area contributed by atoms with Crippen molar-refractivity contribution in [1.29, 1.82) is 0 Å². The standard InChI is InChI=1S/C32H31BrClN3O2/c33-30-11-4-5-12-31(30)35-32(38)37(27-17-19-36(20-18-27)22-24-7-2-1-3-8-24)23-25-9-6-10-29(21-25)39-28-15-13-26(34)14-16-28/h1-16,21,27H,17-20,22-23H2,(H,35,38). The molecule has 7 heteroatoms. The van der Waals surface area contributed by atoms with E-state index in [0.717, 1.165) is 53.9 Å². The van der Waals surface area contributed by atoms with Crippen LogP contribution >= 0.6 is 27.5 Å². The van der Waals surface area contributed by atoms with Crippen molar-refractivity contribution >= 4 is 39.2 Å². The van der Waals surface area contributed by atoms with Gasteiger partial charge in [0.15, 0.2) is 0 Å². The van der Waals surface area contributed by atoms with Gasteiger partial charge < -0.3 is 15.0 Å². The van der Waals surface area contributed by atoms with E-state index in [-0.39, 0.29) is 12.1 Å². The smallest absolute Gasteiger partial charge is 0.322 e. The van der Waals surface area contributed by atoms with Gasteiger partial charge in [-0.2, -0.15) is 0 Å². The zero-order chi connectivity index (χ0) is 27.0. The highest BCUT2D eigenvalue weighted by Crippen LogP contribution is 2.27. The van der Waals surface area contributed by atoms with Gasteiger partial charge in [-0.1, -0.05) is 66.2 Å². The first-order valence-electron chi connectivity index (χ1n) is 13.1. The average Bonchev–Trinajstić information content (AvgIpc) is 2.95. The number of benzene rings is 4. The number of ether oxygens (including phenoxy) is 1. The second kappa shape index (κ2) is 13.2. The highest BCUT2D eigenvalue weighted by atomic mass is 79.9. The van der Waals surface area contributed by atoms with Gasteiger partial charge in [0, 0.05) is 41.7 Å². The van der Waals surface area contributed by atoms with E-state index in [2.05, 4.69) is 50.4 Å². The van der Waals surface area contributed by atoms with Crippen LogP contribution in [0.5, 0.6) is 11.5 Å². The van der Waals surface area contributed by atoms with E-state index in [4.69, 9.17) is 16.3 Å². The van der Waals surface area contributed by atoms with Crippen molar-refractivity contribution in [3.8, 4) is 11.5 Å². The molecule has 0 bridgehead atoms. The first-order chi connectivity index (χ1) is 19.0. The van der Waals surface area contributed by atoms with Crippen molar-refractivity contribution in [3.63, 3.8) is 0 Å². The normalized spacial score (nSPS) is 14.1. The number of nitrogens with one attached hydrogen (secondary N) is 1. The molecule has 0 unspecified atom stereocenters. The SMILES string of the molecule is O=C(Nc1ccccc1Br)N(Cc1cccc(Oc2ccc(Cl)cc2)c1)C1CCN(Cc2ccccc2)CC1. The molecule has 39 heavy (non-hydrogen) atoms. The van der Waals surface area contributed by atoms with Gasteiger partial charge in [0.2, 0.25) is 0 Å². The summed E-state index contributed by atoms with van der Waals surface area (Å²) in [5.41, 5.74) is 3.08. The minimum atomic E-state index is -0.104. The van der Waals surface area contributed by atoms with E-state index in [9.17, 15) is 4.79 Å². The number of amides is 2. The van der Waals surface area contributed by atoms with Crippen molar-refractivity contribution in [1.82, 2.24) is 9.80 Å². The summed E-state index contributed by atoms with van der Waals surface area (Å²) >= 11 is 9.57. The number of nitrogens with zero attached hydrogens (tertiary/aromatic N) is 2. The minimum absolute atomic E-state index is 0.104. The molecule has 5 nitrogen and oxygen atoms in total. The number of anilines is 1. The lowest BCUT2D eigenvalue weighted by atomic mass is 10.0. The quantitative estimate of drug-likeness (QED) is 0.219. The first-order valence-corrected chi connectivity index (χ1v) is 14.3. The molecule has 1 saturated heterocycles. The van der Waals surface area contributed by atoms with Crippen molar-refractivity contribution in [3.05, 3.63) is 124 Å². The summed E-state index contributed by atoms with van der Waals surface area (Å²) in [5, 5.41) is 3.79. The summed E-state index contributed by atoms with van der Waals surface area (Å²) in [4.78, 5) is 18.1. The molecule has 0 saturated carbocycles. The Labute approximate surface area is 243 Å². The van der Waals surface area contributed by atoms with Crippen LogP contribution in [-0.2, 0) is 13.1 Å². The summed E-state index contributed by atoms with van der Waals surface area (Å²) in [7, 11) is 0. The van der Waals surface area contributed by atoms with Crippen molar-refractivity contribution < 1.29 is 9.53 Å². The Morgan fingerprint density at radius 1 is 0.872 bits per heavy atom. The molecule has 0 aromatic heterocycles. The van der Waals surface area contributed by atoms with Crippen LogP contribution in [0.4, 0.5) is 10.5 Å². The van der Waals surface area contributed by atoms with Crippen molar-refractivity contribution in [2.24, 2.45) is 0 Å². The number of hydrogen-bond donors (Lipinski definition) is 1. The van der Waals surface area contributed by atoms with Crippen LogP contribution < -0.4 is 10.1 Å². The predicted octanol–water partition coefficient (Wildman–Crippen LogP) is 8.59. The number of carbonyl (C=O) groups excluding carboxylic acids is 1. The minimum Gasteiger partial charge on any atom is -0.457 e. The van der Waals surface area contributed by atoms with Crippen LogP contribution in [-0.4, -0.2) is 35.0 Å². The molecular weight excluding hydrogens is 574 g/mol. The van der Waals surface area contributed by atoms with E-state index >= 15 is 0 Å². The molecule has 1 N–H and O–H groups in total. The second-order valence-electron chi connectivity index (χ2n) is 9.73. The Bertz CT molecular complexity index is 1380. The Morgan fingerprint density at radius 3 is 2.31 bits per heavy atom. The van der Waals surface area contributed by atoms with Gasteiger partial charge in [-0.25, -0.2) is 4.79 Å². The zero-order valence-electron chi connectivity index (χ0n) is 21.6. The highest BCUT2D eigenvalue weighted by molar-refractivity contribution is 9.10. The lowest BCUT2D eigenvalue weighted by molar-refractivity contribution is 0.120. The summed E-state index contributed by atoms with van der Waals surface area (Å²) in [6, 6.07) is 33.5. The third kappa shape index (κ3) is 7.63. The summed E-state index contributed by atoms with van der Waals surface area (Å²) in [5.74, 6) is 1.43. The monoisotopic (exact) mass is 603 g/mol. The molecule has 0 spiro atoms. The van der Waals surface area contributed by atoms with Gasteiger partial charge in [-0.15, -0.1) is 0 Å². The van der Waals surface area contributed by atoms with E-state index < -0.39 is 0 Å². The topological polar surface area (TPSA) is 44.8 Å². The number of piperidine rings is 1. The Balaban J connectivity index is 1.30. The maximum atomic E-state index is 13.7. The van der Waals surface area contributed by atoms with Gasteiger partial charge in [0.05, 0.1) is 5.69 Å². The van der Waals surface area contributed by atoms with E-state index in [0.29, 0.717) is 17.3 Å². The molecular formula is C32H31BrClN3O2. The fraction of sp³-hybridized carbons (Fsp3) is 0.219. The number of para-hydroxylation sites is 1. The van der Waals surface area contributed by atoms with Crippen molar-refractivity contribution in [2.45, 2.75) is 32.0 Å². The van der Waals surface area contributed by atoms with Crippen LogP contribution in [0, 0.1) is 0 Å². The third-order valence-corrected chi connectivity index (χ3v) is 7.87. The van der Waals surface area contributed by atoms with Crippen LogP contribution in [0.15, 0.2) is 108 Å². The van der Waals surface area contributed by atoms with Crippen LogP contribution in [0.2, 0.25) is 5.02 Å². The zero-order valence-corrected chi connectivity index (χ0v) is 23.9. The molecule has 1 aliphatic rings. The fourth-order valence-corrected chi connectivity index (χ4v) is 5.40. The fourth-order valence-electron chi connectivity index (χ4n) is 4.89. The first kappa shape index (κ1) is 27.3. The number of likely N-dealkylation sites (tertiary alicyclic amines) is 1. The lowest BCUT2D eigenvalue weighted by Gasteiger charge is -2.38. The third-order valence-electron chi connectivity index (χ3n) is 6.92. The molecule has 0 radical (unpaired) electrons. The van der Waals surface area contributed by atoms with Gasteiger partial charge in [0.25, 0.3) is 0 Å². The number of carbonyl (C=O) groups is 1. The van der Waals surface area contributed by atoms with Crippen LogP contribution in [0.1, 0.15) is 24.0 Å². The molecule has 0 atom stereocenters. The molecule has 5 rings (SSSR count). The maximum absolute atomic E-state index is 13.7. The Hall–Kier alpha value is -3.32. The predicted molar refractivity (Wildman–Crippen MR) is 161 cm³/mol. The van der Waals surface area contributed by atoms with Crippen molar-refractivity contribution in [2.75, 3.05) is 18.4 Å². The summed E-state index contributed by atoms with van der Waals surface area (Å²) in [6.07, 6.45) is 1.83. The van der Waals surface area contributed by atoms with Gasteiger partial charge >= 0.3 is 6.03 Å². The number of halogens is 2. The van der Waals surface area contributed by atoms with Crippen LogP contribution in [0.25, 0.3) is 0 Å². The summed E-state index contributed by atoms with van der Waals surface area (Å²) < 4.78 is 6.91. The second-order valence-corrected chi connectivity index (χ2v) is 11.0. The molecule has 4 aromatic rings. The largest absolute Gasteiger partial charge is 0.457 e. The van der Waals surface area contributed by atoms with Gasteiger partial charge in [-0.3, -0.25) is 4.90 Å². The lowest BCUT2D eigenvalue weighted by Crippen LogP contribution is -2.48. The Morgan fingerprint density at radius 2 is 1.56 bits per heavy atom. The highest BCUT2D eigenvalue weighted by Gasteiger charge is 2.28. The molecule has 200 valence electrons. The van der Waals surface area contributed by atoms with E-state index in [1.165, 1.54) is 5.56 Å². The van der Waals surface area contributed by atoms with E-state index in [1.54, 1.807) is 12.1 Å². The molecule has 1 aliphatic heterocycles. The average molecular weight is 605 g/mol. The van der Waals surface area contributed by atoms with Gasteiger partial charge in [-0.05, 0) is 88.4 Å². The summed E-state index contributed by atoms with van der Waals surface area (Å²) in [6.45, 7) is 3.30. The van der Waals surface area contributed by atoms with E-state index in [1.807, 2.05) is 71.6 Å².